The molecule has 2 aromatic carbocycles. The minimum absolute atomic E-state index is 0.0754. The van der Waals surface area contributed by atoms with E-state index in [1.807, 2.05) is 53.1 Å². The van der Waals surface area contributed by atoms with Crippen LogP contribution in [0.3, 0.4) is 0 Å². The quantitative estimate of drug-likeness (QED) is 0.334. The Morgan fingerprint density at radius 1 is 0.973 bits per heavy atom. The van der Waals surface area contributed by atoms with Gasteiger partial charge in [-0.05, 0) is 68.5 Å². The fraction of sp³-hybridized carbons (Fsp3) is 0.333. The number of halogens is 2. The van der Waals surface area contributed by atoms with Crippen molar-refractivity contribution < 1.29 is 9.53 Å². The normalized spacial score (nSPS) is 16.5. The Kier molecular flexibility index (Phi) is 6.61. The zero-order valence-electron chi connectivity index (χ0n) is 20.1. The van der Waals surface area contributed by atoms with Gasteiger partial charge in [0, 0.05) is 35.4 Å². The van der Waals surface area contributed by atoms with Crippen molar-refractivity contribution in [2.75, 3.05) is 18.0 Å². The van der Waals surface area contributed by atoms with Gasteiger partial charge in [-0.25, -0.2) is 19.7 Å². The maximum atomic E-state index is 12.2. The maximum absolute atomic E-state index is 12.2. The van der Waals surface area contributed by atoms with Gasteiger partial charge >= 0.3 is 6.09 Å². The first-order valence-corrected chi connectivity index (χ1v) is 13.3. The van der Waals surface area contributed by atoms with Crippen LogP contribution in [-0.2, 0) is 4.74 Å². The smallest absolute Gasteiger partial charge is 0.407 e. The van der Waals surface area contributed by atoms with E-state index >= 15 is 0 Å². The van der Waals surface area contributed by atoms with Crippen LogP contribution in [0.1, 0.15) is 32.1 Å². The van der Waals surface area contributed by atoms with Crippen LogP contribution in [0.4, 0.5) is 10.6 Å². The average Bonchev–Trinajstić information content (AvgIpc) is 3.27. The molecule has 6 rings (SSSR count). The molecule has 0 bridgehead atoms. The fourth-order valence-corrected chi connectivity index (χ4v) is 5.19. The second kappa shape index (κ2) is 10.2. The molecule has 0 unspecified atom stereocenters. The molecule has 10 heteroatoms. The molecule has 1 amide bonds. The number of hydrogen-bond donors (Lipinski definition) is 1. The van der Waals surface area contributed by atoms with E-state index in [9.17, 15) is 4.79 Å². The predicted octanol–water partition coefficient (Wildman–Crippen LogP) is 6.04. The van der Waals surface area contributed by atoms with Gasteiger partial charge in [0.15, 0.2) is 17.0 Å². The van der Waals surface area contributed by atoms with E-state index in [2.05, 4.69) is 20.2 Å². The first-order valence-electron chi connectivity index (χ1n) is 12.5. The van der Waals surface area contributed by atoms with Crippen LogP contribution in [0.25, 0.3) is 28.2 Å². The van der Waals surface area contributed by atoms with Crippen LogP contribution in [0.5, 0.6) is 0 Å². The number of fused-ring (bicyclic) bond motifs is 1. The van der Waals surface area contributed by atoms with Crippen molar-refractivity contribution in [3.05, 3.63) is 64.9 Å². The summed E-state index contributed by atoms with van der Waals surface area (Å²) in [7, 11) is 0. The summed E-state index contributed by atoms with van der Waals surface area (Å²) in [5, 5.41) is 4.28. The lowest BCUT2D eigenvalue weighted by molar-refractivity contribution is 0.0498. The highest BCUT2D eigenvalue weighted by Crippen LogP contribution is 2.35. The molecule has 1 aliphatic heterocycles. The molecule has 2 aromatic heterocycles. The number of anilines is 1. The molecule has 1 saturated heterocycles. The Bertz CT molecular complexity index is 1430. The van der Waals surface area contributed by atoms with E-state index in [0.717, 1.165) is 62.3 Å². The minimum Gasteiger partial charge on any atom is -0.446 e. The van der Waals surface area contributed by atoms with Crippen LogP contribution in [0, 0.1) is 0 Å². The number of carbonyl (C=O) groups excluding carboxylic acids is 1. The molecule has 2 fully saturated rings. The first kappa shape index (κ1) is 24.0. The monoisotopic (exact) mass is 536 g/mol. The zero-order valence-corrected chi connectivity index (χ0v) is 21.6. The minimum atomic E-state index is -0.307. The van der Waals surface area contributed by atoms with Gasteiger partial charge in [0.2, 0.25) is 0 Å². The van der Waals surface area contributed by atoms with E-state index in [0.29, 0.717) is 27.0 Å². The molecule has 3 heterocycles. The van der Waals surface area contributed by atoms with Crippen molar-refractivity contribution in [3.8, 4) is 17.1 Å². The molecule has 1 saturated carbocycles. The number of aromatic nitrogens is 4. The molecule has 2 aliphatic rings. The molecule has 0 radical (unpaired) electrons. The fourth-order valence-electron chi connectivity index (χ4n) is 4.85. The Balaban J connectivity index is 1.31. The van der Waals surface area contributed by atoms with Crippen molar-refractivity contribution in [2.24, 2.45) is 0 Å². The lowest BCUT2D eigenvalue weighted by Crippen LogP contribution is -2.46. The Morgan fingerprint density at radius 3 is 2.43 bits per heavy atom. The van der Waals surface area contributed by atoms with E-state index < -0.39 is 0 Å². The number of rotatable bonds is 5. The van der Waals surface area contributed by atoms with Gasteiger partial charge in [0.1, 0.15) is 18.3 Å². The molecule has 1 aliphatic carbocycles. The molecule has 1 N–H and O–H groups in total. The summed E-state index contributed by atoms with van der Waals surface area (Å²) in [5.41, 5.74) is 3.06. The molecule has 4 aromatic rings. The van der Waals surface area contributed by atoms with Gasteiger partial charge in [-0.1, -0.05) is 35.3 Å². The van der Waals surface area contributed by atoms with Crippen molar-refractivity contribution in [3.63, 3.8) is 0 Å². The molecule has 190 valence electrons. The molecule has 0 atom stereocenters. The Morgan fingerprint density at radius 2 is 1.73 bits per heavy atom. The number of amides is 1. The second-order valence-corrected chi connectivity index (χ2v) is 10.3. The lowest BCUT2D eigenvalue weighted by atomic mass is 9.96. The Hall–Kier alpha value is -3.36. The number of piperidine rings is 1. The molecular weight excluding hydrogens is 511 g/mol. The second-order valence-electron chi connectivity index (χ2n) is 9.46. The van der Waals surface area contributed by atoms with Crippen molar-refractivity contribution in [1.82, 2.24) is 24.8 Å². The van der Waals surface area contributed by atoms with Gasteiger partial charge in [-0.2, -0.15) is 0 Å². The molecular formula is C27H26Cl2N6O2. The third kappa shape index (κ3) is 4.83. The maximum Gasteiger partial charge on any atom is 0.407 e. The number of hydrogen-bond acceptors (Lipinski definition) is 6. The summed E-state index contributed by atoms with van der Waals surface area (Å²) >= 11 is 12.8. The average molecular weight is 537 g/mol. The lowest BCUT2D eigenvalue weighted by Gasteiger charge is -2.33. The molecule has 37 heavy (non-hydrogen) atoms. The van der Waals surface area contributed by atoms with Gasteiger partial charge in [-0.3, -0.25) is 4.57 Å². The summed E-state index contributed by atoms with van der Waals surface area (Å²) in [6.07, 6.45) is 6.00. The van der Waals surface area contributed by atoms with Gasteiger partial charge < -0.3 is 15.0 Å². The summed E-state index contributed by atoms with van der Waals surface area (Å²) < 4.78 is 7.45. The number of carbonyl (C=O) groups is 1. The zero-order chi connectivity index (χ0) is 25.4. The van der Waals surface area contributed by atoms with Crippen LogP contribution >= 0.6 is 23.2 Å². The molecule has 0 spiro atoms. The van der Waals surface area contributed by atoms with E-state index in [4.69, 9.17) is 32.9 Å². The summed E-state index contributed by atoms with van der Waals surface area (Å²) in [6.45, 7) is 1.46. The number of nitrogens with one attached hydrogen (secondary N) is 1. The number of nitrogens with zero attached hydrogens (tertiary/aromatic N) is 5. The van der Waals surface area contributed by atoms with E-state index in [1.165, 1.54) is 0 Å². The summed E-state index contributed by atoms with van der Waals surface area (Å²) in [4.78, 5) is 28.7. The standard InChI is InChI=1S/C27H26Cl2N6O2/c28-17-8-10-19(11-9-17)35-24(21-6-1-2-7-22(21)29)33-23-25(30-16-31-26(23)35)34-14-12-18(13-15-34)32-27(36)37-20-4-3-5-20/h1-2,6-11,16,18,20H,3-5,12-15H2,(H,32,36). The van der Waals surface area contributed by atoms with E-state index in [1.54, 1.807) is 6.33 Å². The predicted molar refractivity (Wildman–Crippen MR) is 145 cm³/mol. The van der Waals surface area contributed by atoms with Crippen LogP contribution < -0.4 is 10.2 Å². The van der Waals surface area contributed by atoms with Crippen molar-refractivity contribution >= 4 is 46.3 Å². The first-order chi connectivity index (χ1) is 18.1. The van der Waals surface area contributed by atoms with Gasteiger partial charge in [0.05, 0.1) is 5.02 Å². The topological polar surface area (TPSA) is 85.2 Å². The third-order valence-corrected chi connectivity index (χ3v) is 7.65. The summed E-state index contributed by atoms with van der Waals surface area (Å²) in [6, 6.07) is 15.3. The number of imidazole rings is 1. The van der Waals surface area contributed by atoms with Crippen molar-refractivity contribution in [2.45, 2.75) is 44.2 Å². The largest absolute Gasteiger partial charge is 0.446 e. The van der Waals surface area contributed by atoms with Crippen LogP contribution in [0.2, 0.25) is 10.0 Å². The highest BCUT2D eigenvalue weighted by molar-refractivity contribution is 6.33. The van der Waals surface area contributed by atoms with Crippen LogP contribution in [0.15, 0.2) is 54.9 Å². The SMILES string of the molecule is O=C(NC1CCN(c2ncnc3c2nc(-c2ccccc2Cl)n3-c2ccc(Cl)cc2)CC1)OC1CCC1. The van der Waals surface area contributed by atoms with Crippen LogP contribution in [-0.4, -0.2) is 50.8 Å². The number of alkyl carbamates (subject to hydrolysis) is 1. The third-order valence-electron chi connectivity index (χ3n) is 7.07. The van der Waals surface area contributed by atoms with E-state index in [-0.39, 0.29) is 18.2 Å². The highest BCUT2D eigenvalue weighted by Gasteiger charge is 2.28. The van der Waals surface area contributed by atoms with Gasteiger partial charge in [-0.15, -0.1) is 0 Å². The molecule has 8 nitrogen and oxygen atoms in total. The number of ether oxygens (including phenoxy) is 1. The number of benzene rings is 2. The van der Waals surface area contributed by atoms with Gasteiger partial charge in [0.25, 0.3) is 0 Å². The van der Waals surface area contributed by atoms with Crippen molar-refractivity contribution in [1.29, 1.82) is 0 Å². The highest BCUT2D eigenvalue weighted by atomic mass is 35.5. The summed E-state index contributed by atoms with van der Waals surface area (Å²) in [5.74, 6) is 1.45. The Labute approximate surface area is 224 Å².